The highest BCUT2D eigenvalue weighted by atomic mass is 15.4. The van der Waals surface area contributed by atoms with Crippen LogP contribution in [0.1, 0.15) is 11.1 Å². The summed E-state index contributed by atoms with van der Waals surface area (Å²) in [5.41, 5.74) is 16.0. The molecule has 3 heterocycles. The van der Waals surface area contributed by atoms with Crippen molar-refractivity contribution in [2.75, 3.05) is 23.5 Å². The molecule has 0 amide bonds. The van der Waals surface area contributed by atoms with Crippen molar-refractivity contribution in [1.29, 1.82) is 0 Å². The Morgan fingerprint density at radius 3 is 2.26 bits per heavy atom. The zero-order chi connectivity index (χ0) is 30.5. The van der Waals surface area contributed by atoms with E-state index in [0.717, 1.165) is 41.2 Å². The number of benzene rings is 6. The van der Waals surface area contributed by atoms with Crippen LogP contribution in [0.15, 0.2) is 127 Å². The molecule has 0 fully saturated rings. The summed E-state index contributed by atoms with van der Waals surface area (Å²) in [6.45, 7) is 0.817. The molecule has 2 aromatic heterocycles. The van der Waals surface area contributed by atoms with Crippen molar-refractivity contribution in [3.8, 4) is 28.2 Å². The molecular formula is C41H31N5. The third-order valence-electron chi connectivity index (χ3n) is 10.1. The molecule has 0 saturated heterocycles. The highest BCUT2D eigenvalue weighted by Gasteiger charge is 2.26. The molecule has 220 valence electrons. The van der Waals surface area contributed by atoms with Gasteiger partial charge in [0.2, 0.25) is 0 Å². The van der Waals surface area contributed by atoms with E-state index in [1.54, 1.807) is 0 Å². The molecule has 2 aliphatic rings. The quantitative estimate of drug-likeness (QED) is 0.204. The minimum absolute atomic E-state index is 0.817. The first-order chi connectivity index (χ1) is 22.6. The second-order valence-electron chi connectivity index (χ2n) is 12.7. The van der Waals surface area contributed by atoms with Gasteiger partial charge in [-0.25, -0.2) is 4.98 Å². The van der Waals surface area contributed by atoms with Crippen molar-refractivity contribution >= 4 is 49.9 Å². The van der Waals surface area contributed by atoms with E-state index in [0.29, 0.717) is 0 Å². The summed E-state index contributed by atoms with van der Waals surface area (Å²) in [4.78, 5) is 9.78. The van der Waals surface area contributed by atoms with E-state index in [1.165, 1.54) is 61.1 Å². The summed E-state index contributed by atoms with van der Waals surface area (Å²) in [6.07, 6.45) is 0.976. The van der Waals surface area contributed by atoms with E-state index < -0.39 is 0 Å². The standard InChI is InChI=1S/C41H31N5/c1-43-25-45(38-17-8-7-16-37(38)43)29-11-9-12-30(23-29)46-39-22-27(41-42-35-14-5-6-15-36(35)44(41)2)18-19-32(39)34-21-28-20-26-10-3-4-13-31(26)33(28)24-40(34)46/h3-19,21-24H,20,25H2,1-2H3. The van der Waals surface area contributed by atoms with Gasteiger partial charge in [0, 0.05) is 41.8 Å². The zero-order valence-electron chi connectivity index (χ0n) is 25.8. The van der Waals surface area contributed by atoms with Crippen LogP contribution in [0, 0.1) is 0 Å². The van der Waals surface area contributed by atoms with Gasteiger partial charge in [0.15, 0.2) is 0 Å². The second-order valence-corrected chi connectivity index (χ2v) is 12.7. The Hall–Kier alpha value is -5.81. The summed E-state index contributed by atoms with van der Waals surface area (Å²) in [6, 6.07) is 46.6. The van der Waals surface area contributed by atoms with Crippen LogP contribution in [0.5, 0.6) is 0 Å². The van der Waals surface area contributed by atoms with Crippen molar-refractivity contribution in [3.05, 3.63) is 139 Å². The van der Waals surface area contributed by atoms with Crippen LogP contribution >= 0.6 is 0 Å². The van der Waals surface area contributed by atoms with Gasteiger partial charge in [-0.15, -0.1) is 0 Å². The van der Waals surface area contributed by atoms with Crippen molar-refractivity contribution in [1.82, 2.24) is 14.1 Å². The fourth-order valence-electron chi connectivity index (χ4n) is 7.87. The lowest BCUT2D eigenvalue weighted by Crippen LogP contribution is -2.24. The molecule has 0 atom stereocenters. The normalized spacial score (nSPS) is 13.6. The van der Waals surface area contributed by atoms with E-state index >= 15 is 0 Å². The molecular weight excluding hydrogens is 562 g/mol. The molecule has 1 aliphatic heterocycles. The van der Waals surface area contributed by atoms with Crippen molar-refractivity contribution < 1.29 is 0 Å². The summed E-state index contributed by atoms with van der Waals surface area (Å²) in [5, 5.41) is 2.54. The number of rotatable bonds is 3. The lowest BCUT2D eigenvalue weighted by molar-refractivity contribution is 0.948. The molecule has 10 rings (SSSR count). The summed E-state index contributed by atoms with van der Waals surface area (Å²) in [7, 11) is 4.28. The number of para-hydroxylation sites is 4. The van der Waals surface area contributed by atoms with Gasteiger partial charge in [0.1, 0.15) is 5.82 Å². The van der Waals surface area contributed by atoms with Gasteiger partial charge < -0.3 is 18.9 Å². The van der Waals surface area contributed by atoms with Gasteiger partial charge in [-0.05, 0) is 89.3 Å². The number of hydrogen-bond donors (Lipinski definition) is 0. The summed E-state index contributed by atoms with van der Waals surface area (Å²) in [5.74, 6) is 0.974. The number of fused-ring (bicyclic) bond motifs is 8. The van der Waals surface area contributed by atoms with Gasteiger partial charge in [-0.3, -0.25) is 0 Å². The topological polar surface area (TPSA) is 29.2 Å². The molecule has 0 unspecified atom stereocenters. The Morgan fingerprint density at radius 1 is 0.565 bits per heavy atom. The van der Waals surface area contributed by atoms with E-state index in [1.807, 2.05) is 0 Å². The van der Waals surface area contributed by atoms with Crippen LogP contribution in [-0.4, -0.2) is 27.8 Å². The Labute approximate surface area is 267 Å². The van der Waals surface area contributed by atoms with Crippen LogP contribution in [0.3, 0.4) is 0 Å². The Kier molecular flexibility index (Phi) is 5.18. The molecule has 0 bridgehead atoms. The van der Waals surface area contributed by atoms with E-state index in [2.05, 4.69) is 160 Å². The fraction of sp³-hybridized carbons (Fsp3) is 0.0976. The van der Waals surface area contributed by atoms with Crippen LogP contribution in [0.4, 0.5) is 17.1 Å². The smallest absolute Gasteiger partial charge is 0.140 e. The second kappa shape index (κ2) is 9.35. The van der Waals surface area contributed by atoms with Crippen molar-refractivity contribution in [3.63, 3.8) is 0 Å². The molecule has 1 aliphatic carbocycles. The number of hydrogen-bond acceptors (Lipinski definition) is 3. The van der Waals surface area contributed by atoms with Crippen LogP contribution in [0.2, 0.25) is 0 Å². The van der Waals surface area contributed by atoms with E-state index in [-0.39, 0.29) is 0 Å². The van der Waals surface area contributed by atoms with Crippen LogP contribution in [0.25, 0.3) is 61.0 Å². The summed E-state index contributed by atoms with van der Waals surface area (Å²) < 4.78 is 4.67. The third kappa shape index (κ3) is 3.54. The monoisotopic (exact) mass is 593 g/mol. The Morgan fingerprint density at radius 2 is 1.35 bits per heavy atom. The van der Waals surface area contributed by atoms with Gasteiger partial charge in [0.25, 0.3) is 0 Å². The van der Waals surface area contributed by atoms with Crippen molar-refractivity contribution in [2.45, 2.75) is 6.42 Å². The maximum Gasteiger partial charge on any atom is 0.140 e. The highest BCUT2D eigenvalue weighted by molar-refractivity contribution is 6.12. The first-order valence-electron chi connectivity index (χ1n) is 15.9. The molecule has 8 aromatic rings. The third-order valence-corrected chi connectivity index (χ3v) is 10.1. The number of aryl methyl sites for hydroxylation is 1. The number of aromatic nitrogens is 3. The molecule has 5 heteroatoms. The van der Waals surface area contributed by atoms with E-state index in [9.17, 15) is 0 Å². The highest BCUT2D eigenvalue weighted by Crippen LogP contribution is 2.44. The molecule has 0 radical (unpaired) electrons. The Balaban J connectivity index is 1.23. The first-order valence-corrected chi connectivity index (χ1v) is 15.9. The minimum atomic E-state index is 0.817. The molecule has 0 spiro atoms. The Bertz CT molecular complexity index is 2530. The minimum Gasteiger partial charge on any atom is -0.355 e. The lowest BCUT2D eigenvalue weighted by atomic mass is 10.0. The van der Waals surface area contributed by atoms with Gasteiger partial charge >= 0.3 is 0 Å². The average molecular weight is 594 g/mol. The summed E-state index contributed by atoms with van der Waals surface area (Å²) >= 11 is 0. The molecule has 6 aromatic carbocycles. The first kappa shape index (κ1) is 25.5. The molecule has 0 saturated carbocycles. The van der Waals surface area contributed by atoms with Gasteiger partial charge in [-0.1, -0.05) is 66.7 Å². The average Bonchev–Trinajstić information content (AvgIpc) is 3.83. The number of anilines is 3. The van der Waals surface area contributed by atoms with E-state index in [4.69, 9.17) is 4.98 Å². The molecule has 46 heavy (non-hydrogen) atoms. The molecule has 5 nitrogen and oxygen atoms in total. The van der Waals surface area contributed by atoms with Crippen molar-refractivity contribution in [2.24, 2.45) is 7.05 Å². The maximum absolute atomic E-state index is 5.06. The fourth-order valence-corrected chi connectivity index (χ4v) is 7.87. The number of nitrogens with zero attached hydrogens (tertiary/aromatic N) is 5. The SMILES string of the molecule is CN1CN(c2cccc(-n3c4cc(-c5nc6ccccc6n5C)ccc4c4cc5c(cc43)-c3ccccc3C5)c2)c2ccccc21. The van der Waals surface area contributed by atoms with Gasteiger partial charge in [0.05, 0.1) is 40.1 Å². The van der Waals surface area contributed by atoms with Crippen LogP contribution in [-0.2, 0) is 13.5 Å². The van der Waals surface area contributed by atoms with Crippen LogP contribution < -0.4 is 9.80 Å². The number of imidazole rings is 1. The predicted octanol–water partition coefficient (Wildman–Crippen LogP) is 9.45. The lowest BCUT2D eigenvalue weighted by Gasteiger charge is -2.21. The molecule has 0 N–H and O–H groups in total. The van der Waals surface area contributed by atoms with Gasteiger partial charge in [-0.2, -0.15) is 0 Å². The maximum atomic E-state index is 5.06. The largest absolute Gasteiger partial charge is 0.355 e. The zero-order valence-corrected chi connectivity index (χ0v) is 25.8. The predicted molar refractivity (Wildman–Crippen MR) is 191 cm³/mol.